The topological polar surface area (TPSA) is 72.9 Å². The zero-order valence-corrected chi connectivity index (χ0v) is 14.6. The van der Waals surface area contributed by atoms with Crippen molar-refractivity contribution >= 4 is 27.2 Å². The van der Waals surface area contributed by atoms with Gasteiger partial charge in [0.1, 0.15) is 5.75 Å². The summed E-state index contributed by atoms with van der Waals surface area (Å²) >= 11 is 0. The number of hydrogen-bond acceptors (Lipinski definition) is 6. The Balaban J connectivity index is 2.15. The first-order valence-corrected chi connectivity index (χ1v) is 9.13. The first-order valence-electron chi connectivity index (χ1n) is 7.65. The fourth-order valence-corrected chi connectivity index (χ4v) is 4.09. The summed E-state index contributed by atoms with van der Waals surface area (Å²) in [5.74, 6) is -0.188. The second-order valence-corrected chi connectivity index (χ2v) is 7.14. The molecule has 0 atom stereocenters. The van der Waals surface area contributed by atoms with Crippen molar-refractivity contribution in [2.75, 3.05) is 18.6 Å². The molecule has 0 aromatic heterocycles. The zero-order chi connectivity index (χ0) is 18.0. The van der Waals surface area contributed by atoms with Gasteiger partial charge in [0.15, 0.2) is 4.91 Å². The standard InChI is InChI=1S/C18H17NO5S/c1-3-24-14-10-8-13(9-11-14)19-12-17(18(20)23-2)25(21,22)16-7-5-4-6-15(16)19/h4-12H,3H2,1-2H3. The van der Waals surface area contributed by atoms with Crippen molar-refractivity contribution in [1.29, 1.82) is 0 Å². The molecule has 0 amide bonds. The van der Waals surface area contributed by atoms with Gasteiger partial charge < -0.3 is 14.4 Å². The number of methoxy groups -OCH3 is 1. The number of rotatable bonds is 4. The van der Waals surface area contributed by atoms with E-state index in [2.05, 4.69) is 4.74 Å². The molecule has 130 valence electrons. The molecule has 7 heteroatoms. The van der Waals surface area contributed by atoms with Gasteiger partial charge >= 0.3 is 5.97 Å². The second-order valence-electron chi connectivity index (χ2n) is 5.25. The van der Waals surface area contributed by atoms with Crippen LogP contribution < -0.4 is 9.64 Å². The van der Waals surface area contributed by atoms with Gasteiger partial charge in [-0.05, 0) is 43.3 Å². The highest BCUT2D eigenvalue weighted by atomic mass is 32.2. The molecule has 3 rings (SSSR count). The number of benzene rings is 2. The Hall–Kier alpha value is -2.80. The molecule has 0 unspecified atom stereocenters. The van der Waals surface area contributed by atoms with E-state index in [0.717, 1.165) is 7.11 Å². The first-order chi connectivity index (χ1) is 12.0. The van der Waals surface area contributed by atoms with Crippen LogP contribution in [0.2, 0.25) is 0 Å². The number of esters is 1. The molecular formula is C18H17NO5S. The molecule has 6 nitrogen and oxygen atoms in total. The Morgan fingerprint density at radius 1 is 1.08 bits per heavy atom. The van der Waals surface area contributed by atoms with E-state index in [-0.39, 0.29) is 4.90 Å². The number of carbonyl (C=O) groups is 1. The van der Waals surface area contributed by atoms with E-state index < -0.39 is 20.7 Å². The minimum absolute atomic E-state index is 0.0618. The Bertz CT molecular complexity index is 932. The molecule has 0 saturated carbocycles. The Labute approximate surface area is 146 Å². The predicted molar refractivity (Wildman–Crippen MR) is 93.5 cm³/mol. The molecular weight excluding hydrogens is 342 g/mol. The molecule has 25 heavy (non-hydrogen) atoms. The summed E-state index contributed by atoms with van der Waals surface area (Å²) in [6.07, 6.45) is 1.29. The summed E-state index contributed by atoms with van der Waals surface area (Å²) in [4.78, 5) is 13.3. The molecule has 0 radical (unpaired) electrons. The van der Waals surface area contributed by atoms with E-state index >= 15 is 0 Å². The SMILES string of the molecule is CCOc1ccc(N2C=C(C(=O)OC)S(=O)(=O)c3ccccc32)cc1. The smallest absolute Gasteiger partial charge is 0.351 e. The predicted octanol–water partition coefficient (Wildman–Crippen LogP) is 3.03. The van der Waals surface area contributed by atoms with Gasteiger partial charge in [-0.2, -0.15) is 0 Å². The lowest BCUT2D eigenvalue weighted by Gasteiger charge is -2.28. The van der Waals surface area contributed by atoms with Crippen LogP contribution in [0.1, 0.15) is 6.92 Å². The van der Waals surface area contributed by atoms with Crippen LogP contribution in [-0.4, -0.2) is 28.1 Å². The molecule has 1 aliphatic heterocycles. The van der Waals surface area contributed by atoms with Crippen LogP contribution in [0.15, 0.2) is 64.5 Å². The fourth-order valence-electron chi connectivity index (χ4n) is 2.60. The summed E-state index contributed by atoms with van der Waals surface area (Å²) in [7, 11) is -2.78. The lowest BCUT2D eigenvalue weighted by molar-refractivity contribution is -0.135. The largest absolute Gasteiger partial charge is 0.494 e. The van der Waals surface area contributed by atoms with Crippen molar-refractivity contribution in [1.82, 2.24) is 0 Å². The number of anilines is 2. The first kappa shape index (κ1) is 17.0. The molecule has 0 N–H and O–H groups in total. The highest BCUT2D eigenvalue weighted by molar-refractivity contribution is 7.96. The van der Waals surface area contributed by atoms with Gasteiger partial charge in [0.25, 0.3) is 0 Å². The van der Waals surface area contributed by atoms with Gasteiger partial charge in [0, 0.05) is 11.9 Å². The fraction of sp³-hybridized carbons (Fsp3) is 0.167. The highest BCUT2D eigenvalue weighted by Crippen LogP contribution is 2.39. The molecule has 0 aliphatic carbocycles. The summed E-state index contributed by atoms with van der Waals surface area (Å²) in [5, 5.41) is 0. The second kappa shape index (κ2) is 6.60. The van der Waals surface area contributed by atoms with Gasteiger partial charge in [-0.1, -0.05) is 12.1 Å². The molecule has 1 aliphatic rings. The van der Waals surface area contributed by atoms with Crippen LogP contribution in [0.4, 0.5) is 11.4 Å². The highest BCUT2D eigenvalue weighted by Gasteiger charge is 2.36. The van der Waals surface area contributed by atoms with E-state index in [4.69, 9.17) is 4.74 Å². The average Bonchev–Trinajstić information content (AvgIpc) is 2.62. The Morgan fingerprint density at radius 3 is 2.40 bits per heavy atom. The summed E-state index contributed by atoms with van der Waals surface area (Å²) in [5.41, 5.74) is 1.17. The number of sulfone groups is 1. The van der Waals surface area contributed by atoms with Crippen LogP contribution >= 0.6 is 0 Å². The zero-order valence-electron chi connectivity index (χ0n) is 13.8. The lowest BCUT2D eigenvalue weighted by atomic mass is 10.2. The number of fused-ring (bicyclic) bond motifs is 1. The van der Waals surface area contributed by atoms with Gasteiger partial charge in [-0.25, -0.2) is 13.2 Å². The van der Waals surface area contributed by atoms with Gasteiger partial charge in [0.2, 0.25) is 9.84 Å². The molecule has 0 spiro atoms. The molecule has 0 bridgehead atoms. The normalized spacial score (nSPS) is 15.1. The van der Waals surface area contributed by atoms with E-state index in [1.54, 1.807) is 47.4 Å². The lowest BCUT2D eigenvalue weighted by Crippen LogP contribution is -2.26. The molecule has 1 heterocycles. The van der Waals surface area contributed by atoms with Crippen molar-refractivity contribution in [2.45, 2.75) is 11.8 Å². The monoisotopic (exact) mass is 359 g/mol. The van der Waals surface area contributed by atoms with E-state index in [1.165, 1.54) is 12.3 Å². The molecule has 2 aromatic rings. The van der Waals surface area contributed by atoms with Crippen LogP contribution in [0, 0.1) is 0 Å². The van der Waals surface area contributed by atoms with Gasteiger partial charge in [-0.3, -0.25) is 0 Å². The van der Waals surface area contributed by atoms with Crippen molar-refractivity contribution in [2.24, 2.45) is 0 Å². The quantitative estimate of drug-likeness (QED) is 0.782. The van der Waals surface area contributed by atoms with Crippen molar-refractivity contribution in [3.05, 3.63) is 59.6 Å². The van der Waals surface area contributed by atoms with Crippen LogP contribution in [0.3, 0.4) is 0 Å². The number of para-hydroxylation sites is 1. The maximum absolute atomic E-state index is 12.7. The Morgan fingerprint density at radius 2 is 1.76 bits per heavy atom. The maximum Gasteiger partial charge on any atom is 0.351 e. The van der Waals surface area contributed by atoms with Crippen molar-refractivity contribution in [3.63, 3.8) is 0 Å². The van der Waals surface area contributed by atoms with E-state index in [9.17, 15) is 13.2 Å². The summed E-state index contributed by atoms with van der Waals surface area (Å²) in [6.45, 7) is 2.45. The molecule has 0 saturated heterocycles. The minimum Gasteiger partial charge on any atom is -0.494 e. The molecule has 0 fully saturated rings. The molecule has 2 aromatic carbocycles. The summed E-state index contributed by atoms with van der Waals surface area (Å²) in [6, 6.07) is 13.7. The number of nitrogens with zero attached hydrogens (tertiary/aromatic N) is 1. The number of ether oxygens (including phenoxy) is 2. The van der Waals surface area contributed by atoms with Gasteiger partial charge in [0.05, 0.1) is 24.3 Å². The van der Waals surface area contributed by atoms with Gasteiger partial charge in [-0.15, -0.1) is 0 Å². The average molecular weight is 359 g/mol. The van der Waals surface area contributed by atoms with E-state index in [0.29, 0.717) is 23.7 Å². The third kappa shape index (κ3) is 2.98. The van der Waals surface area contributed by atoms with Crippen LogP contribution in [0.25, 0.3) is 0 Å². The van der Waals surface area contributed by atoms with Crippen molar-refractivity contribution < 1.29 is 22.7 Å². The summed E-state index contributed by atoms with van der Waals surface area (Å²) < 4.78 is 35.5. The number of carbonyl (C=O) groups excluding carboxylic acids is 1. The van der Waals surface area contributed by atoms with Crippen molar-refractivity contribution in [3.8, 4) is 5.75 Å². The van der Waals surface area contributed by atoms with Crippen LogP contribution in [0.5, 0.6) is 5.75 Å². The van der Waals surface area contributed by atoms with E-state index in [1.807, 2.05) is 6.92 Å². The third-order valence-corrected chi connectivity index (χ3v) is 5.54. The minimum atomic E-state index is -3.93. The third-order valence-electron chi connectivity index (χ3n) is 3.76. The Kier molecular flexibility index (Phi) is 4.50. The maximum atomic E-state index is 12.7. The number of hydrogen-bond donors (Lipinski definition) is 0. The van der Waals surface area contributed by atoms with Crippen LogP contribution in [-0.2, 0) is 19.4 Å².